The van der Waals surface area contributed by atoms with Gasteiger partial charge in [-0.3, -0.25) is 4.21 Å². The molecular formula is C9H21NO3S. The summed E-state index contributed by atoms with van der Waals surface area (Å²) in [5.41, 5.74) is 0. The molecule has 14 heavy (non-hydrogen) atoms. The molecule has 0 aromatic heterocycles. The summed E-state index contributed by atoms with van der Waals surface area (Å²) in [5.74, 6) is 0.712. The molecule has 0 radical (unpaired) electrons. The van der Waals surface area contributed by atoms with Crippen LogP contribution in [-0.4, -0.2) is 56.2 Å². The van der Waals surface area contributed by atoms with Crippen LogP contribution in [0.25, 0.3) is 0 Å². The van der Waals surface area contributed by atoms with Crippen molar-refractivity contribution in [3.05, 3.63) is 0 Å². The second-order valence-corrected chi connectivity index (χ2v) is 4.54. The van der Waals surface area contributed by atoms with Crippen LogP contribution >= 0.6 is 0 Å². The van der Waals surface area contributed by atoms with Gasteiger partial charge >= 0.3 is 0 Å². The maximum atomic E-state index is 10.7. The molecule has 0 saturated carbocycles. The molecule has 0 aromatic rings. The molecule has 0 saturated heterocycles. The van der Waals surface area contributed by atoms with Crippen LogP contribution in [0.2, 0.25) is 0 Å². The highest BCUT2D eigenvalue weighted by Crippen LogP contribution is 1.82. The van der Waals surface area contributed by atoms with Crippen molar-refractivity contribution in [1.82, 2.24) is 5.32 Å². The molecule has 1 unspecified atom stereocenters. The maximum Gasteiger partial charge on any atom is 0.0590 e. The third kappa shape index (κ3) is 12.0. The Bertz CT molecular complexity index is 144. The maximum absolute atomic E-state index is 10.7. The Labute approximate surface area is 88.8 Å². The Morgan fingerprint density at radius 2 is 2.00 bits per heavy atom. The highest BCUT2D eigenvalue weighted by molar-refractivity contribution is 7.84. The van der Waals surface area contributed by atoms with Gasteiger partial charge in [-0.05, 0) is 6.42 Å². The second-order valence-electron chi connectivity index (χ2n) is 2.99. The summed E-state index contributed by atoms with van der Waals surface area (Å²) in [4.78, 5) is 0. The van der Waals surface area contributed by atoms with Gasteiger partial charge in [-0.2, -0.15) is 0 Å². The normalized spacial score (nSPS) is 13.0. The van der Waals surface area contributed by atoms with Gasteiger partial charge in [-0.15, -0.1) is 0 Å². The van der Waals surface area contributed by atoms with E-state index in [2.05, 4.69) is 5.32 Å². The smallest absolute Gasteiger partial charge is 0.0590 e. The summed E-state index contributed by atoms with van der Waals surface area (Å²) >= 11 is 0. The fraction of sp³-hybridized carbons (Fsp3) is 1.00. The van der Waals surface area contributed by atoms with Crippen molar-refractivity contribution in [3.8, 4) is 0 Å². The highest BCUT2D eigenvalue weighted by atomic mass is 32.2. The Morgan fingerprint density at radius 1 is 1.21 bits per heavy atom. The van der Waals surface area contributed by atoms with Crippen molar-refractivity contribution in [3.63, 3.8) is 0 Å². The third-order valence-electron chi connectivity index (χ3n) is 1.63. The van der Waals surface area contributed by atoms with Gasteiger partial charge in [0.2, 0.25) is 0 Å². The van der Waals surface area contributed by atoms with Crippen molar-refractivity contribution in [2.75, 3.05) is 52.0 Å². The Kier molecular flexibility index (Phi) is 11.1. The van der Waals surface area contributed by atoms with E-state index in [1.807, 2.05) is 0 Å². The first-order valence-electron chi connectivity index (χ1n) is 4.84. The lowest BCUT2D eigenvalue weighted by molar-refractivity contribution is 0.104. The molecule has 5 heteroatoms. The number of hydrogen-bond acceptors (Lipinski definition) is 4. The van der Waals surface area contributed by atoms with Gasteiger partial charge in [-0.25, -0.2) is 0 Å². The molecule has 0 spiro atoms. The minimum atomic E-state index is -0.697. The van der Waals surface area contributed by atoms with Crippen LogP contribution in [0.4, 0.5) is 0 Å². The van der Waals surface area contributed by atoms with Crippen LogP contribution in [0.1, 0.15) is 6.42 Å². The monoisotopic (exact) mass is 223 g/mol. The summed E-state index contributed by atoms with van der Waals surface area (Å²) in [6.45, 7) is 3.83. The first-order valence-corrected chi connectivity index (χ1v) is 6.57. The molecule has 0 aliphatic heterocycles. The Balaban J connectivity index is 2.88. The van der Waals surface area contributed by atoms with Gasteiger partial charge < -0.3 is 14.8 Å². The quantitative estimate of drug-likeness (QED) is 0.530. The van der Waals surface area contributed by atoms with Crippen LogP contribution in [0.5, 0.6) is 0 Å². The van der Waals surface area contributed by atoms with Gasteiger partial charge in [0.25, 0.3) is 0 Å². The first-order chi connectivity index (χ1) is 6.77. The van der Waals surface area contributed by atoms with Crippen molar-refractivity contribution >= 4 is 10.8 Å². The molecule has 1 N–H and O–H groups in total. The van der Waals surface area contributed by atoms with Crippen molar-refractivity contribution in [2.24, 2.45) is 0 Å². The zero-order chi connectivity index (χ0) is 10.6. The number of methoxy groups -OCH3 is 1. The van der Waals surface area contributed by atoms with E-state index >= 15 is 0 Å². The molecule has 0 aliphatic rings. The topological polar surface area (TPSA) is 47.6 Å². The molecule has 0 rings (SSSR count). The predicted octanol–water partition coefficient (Wildman–Crippen LogP) is 0.00760. The lowest BCUT2D eigenvalue weighted by Gasteiger charge is -2.04. The SMILES string of the molecule is COCCCOCCNCCS(C)=O. The summed E-state index contributed by atoms with van der Waals surface area (Å²) in [7, 11) is 0.990. The molecular weight excluding hydrogens is 202 g/mol. The number of hydrogen-bond donors (Lipinski definition) is 1. The van der Waals surface area contributed by atoms with Crippen LogP contribution in [-0.2, 0) is 20.3 Å². The largest absolute Gasteiger partial charge is 0.385 e. The standard InChI is InChI=1S/C9H21NO3S/c1-12-6-3-7-13-8-4-10-5-9-14(2)11/h10H,3-9H2,1-2H3. The van der Waals surface area contributed by atoms with E-state index in [0.29, 0.717) is 12.4 Å². The van der Waals surface area contributed by atoms with Crippen LogP contribution in [0, 0.1) is 0 Å². The fourth-order valence-corrected chi connectivity index (χ4v) is 1.32. The molecule has 0 bridgehead atoms. The average molecular weight is 223 g/mol. The van der Waals surface area contributed by atoms with Gasteiger partial charge in [0.1, 0.15) is 0 Å². The number of nitrogens with one attached hydrogen (secondary N) is 1. The molecule has 0 aliphatic carbocycles. The van der Waals surface area contributed by atoms with E-state index in [1.54, 1.807) is 13.4 Å². The van der Waals surface area contributed by atoms with Gasteiger partial charge in [-0.1, -0.05) is 0 Å². The average Bonchev–Trinajstić information content (AvgIpc) is 2.15. The molecule has 0 fully saturated rings. The summed E-state index contributed by atoms with van der Waals surface area (Å²) in [5, 5.41) is 3.16. The molecule has 0 heterocycles. The summed E-state index contributed by atoms with van der Waals surface area (Å²) in [6, 6.07) is 0. The zero-order valence-corrected chi connectivity index (χ0v) is 9.90. The highest BCUT2D eigenvalue weighted by Gasteiger charge is 1.91. The number of rotatable bonds is 10. The van der Waals surface area contributed by atoms with E-state index in [0.717, 1.165) is 32.7 Å². The van der Waals surface area contributed by atoms with Crippen LogP contribution < -0.4 is 5.32 Å². The first kappa shape index (κ1) is 14.0. The van der Waals surface area contributed by atoms with Crippen molar-refractivity contribution in [1.29, 1.82) is 0 Å². The molecule has 4 nitrogen and oxygen atoms in total. The minimum Gasteiger partial charge on any atom is -0.385 e. The van der Waals surface area contributed by atoms with E-state index < -0.39 is 10.8 Å². The fourth-order valence-electron chi connectivity index (χ4n) is 0.893. The van der Waals surface area contributed by atoms with Crippen molar-refractivity contribution in [2.45, 2.75) is 6.42 Å². The summed E-state index contributed by atoms with van der Waals surface area (Å²) in [6.07, 6.45) is 2.65. The van der Waals surface area contributed by atoms with Gasteiger partial charge in [0, 0.05) is 56.2 Å². The number of ether oxygens (including phenoxy) is 2. The zero-order valence-electron chi connectivity index (χ0n) is 9.08. The molecule has 0 amide bonds. The second kappa shape index (κ2) is 11.1. The van der Waals surface area contributed by atoms with Gasteiger partial charge in [0.05, 0.1) is 6.61 Å². The lowest BCUT2D eigenvalue weighted by Crippen LogP contribution is -2.24. The van der Waals surface area contributed by atoms with Crippen LogP contribution in [0.3, 0.4) is 0 Å². The Hall–Kier alpha value is 0.0300. The molecule has 1 atom stereocenters. The molecule has 86 valence electrons. The lowest BCUT2D eigenvalue weighted by atomic mass is 10.5. The summed E-state index contributed by atoms with van der Waals surface area (Å²) < 4.78 is 20.9. The van der Waals surface area contributed by atoms with E-state index in [-0.39, 0.29) is 0 Å². The predicted molar refractivity (Wildman–Crippen MR) is 59.1 cm³/mol. The third-order valence-corrected chi connectivity index (χ3v) is 2.41. The minimum absolute atomic E-state index is 0.697. The Morgan fingerprint density at radius 3 is 2.64 bits per heavy atom. The van der Waals surface area contributed by atoms with Gasteiger partial charge in [0.15, 0.2) is 0 Å². The van der Waals surface area contributed by atoms with E-state index in [9.17, 15) is 4.21 Å². The van der Waals surface area contributed by atoms with E-state index in [4.69, 9.17) is 9.47 Å². The van der Waals surface area contributed by atoms with Crippen molar-refractivity contribution < 1.29 is 13.7 Å². The van der Waals surface area contributed by atoms with Crippen LogP contribution in [0.15, 0.2) is 0 Å². The van der Waals surface area contributed by atoms with E-state index in [1.165, 1.54) is 0 Å². The molecule has 0 aromatic carbocycles.